The number of carbonyl (C=O) groups is 2. The maximum absolute atomic E-state index is 13.4. The van der Waals surface area contributed by atoms with Crippen molar-refractivity contribution in [3.63, 3.8) is 0 Å². The van der Waals surface area contributed by atoms with E-state index in [1.807, 2.05) is 0 Å². The summed E-state index contributed by atoms with van der Waals surface area (Å²) in [5.74, 6) is -1.62. The van der Waals surface area contributed by atoms with Gasteiger partial charge in [0.2, 0.25) is 0 Å². The highest BCUT2D eigenvalue weighted by Gasteiger charge is 2.39. The van der Waals surface area contributed by atoms with Gasteiger partial charge in [0.15, 0.2) is 0 Å². The van der Waals surface area contributed by atoms with E-state index in [4.69, 9.17) is 11.6 Å². The zero-order chi connectivity index (χ0) is 22.0. The van der Waals surface area contributed by atoms with Crippen molar-refractivity contribution in [1.29, 1.82) is 0 Å². The number of halogens is 3. The second-order valence-corrected chi connectivity index (χ2v) is 8.43. The van der Waals surface area contributed by atoms with Crippen molar-refractivity contribution >= 4 is 40.8 Å². The van der Waals surface area contributed by atoms with Gasteiger partial charge in [-0.1, -0.05) is 47.6 Å². The summed E-state index contributed by atoms with van der Waals surface area (Å²) in [5.41, 5.74) is 1.52. The van der Waals surface area contributed by atoms with Crippen LogP contribution in [0.15, 0.2) is 82.6 Å². The van der Waals surface area contributed by atoms with Crippen molar-refractivity contribution in [2.24, 2.45) is 0 Å². The van der Waals surface area contributed by atoms with Gasteiger partial charge < -0.3 is 0 Å². The maximum atomic E-state index is 13.4. The number of rotatable bonds is 6. The maximum Gasteiger partial charge on any atom is 0.268 e. The van der Waals surface area contributed by atoms with E-state index in [1.165, 1.54) is 53.1 Å². The van der Waals surface area contributed by atoms with Crippen LogP contribution in [0.25, 0.3) is 5.57 Å². The second-order valence-electron chi connectivity index (χ2n) is 6.91. The number of amides is 2. The topological polar surface area (TPSA) is 37.4 Å². The van der Waals surface area contributed by atoms with Gasteiger partial charge in [0, 0.05) is 16.5 Å². The Balaban J connectivity index is 1.64. The second kappa shape index (κ2) is 9.04. The zero-order valence-corrected chi connectivity index (χ0v) is 17.7. The van der Waals surface area contributed by atoms with Crippen molar-refractivity contribution in [3.05, 3.63) is 105 Å². The summed E-state index contributed by atoms with van der Waals surface area (Å²) in [5, 5.41) is 0.562. The van der Waals surface area contributed by atoms with Gasteiger partial charge in [-0.15, -0.1) is 0 Å². The highest BCUT2D eigenvalue weighted by atomic mass is 35.5. The Morgan fingerprint density at radius 2 is 1.35 bits per heavy atom. The molecule has 0 saturated carbocycles. The van der Waals surface area contributed by atoms with Crippen molar-refractivity contribution in [3.8, 4) is 0 Å². The average Bonchev–Trinajstić information content (AvgIpc) is 2.99. The fourth-order valence-electron chi connectivity index (χ4n) is 3.24. The number of carbonyl (C=O) groups excluding carboxylic acids is 2. The van der Waals surface area contributed by atoms with E-state index in [0.29, 0.717) is 17.0 Å². The molecule has 0 spiro atoms. The molecule has 7 heteroatoms. The molecule has 31 heavy (non-hydrogen) atoms. The first-order valence-electron chi connectivity index (χ1n) is 9.46. The highest BCUT2D eigenvalue weighted by Crippen LogP contribution is 2.40. The molecule has 3 nitrogen and oxygen atoms in total. The third kappa shape index (κ3) is 4.70. The largest absolute Gasteiger partial charge is 0.274 e. The normalized spacial score (nSPS) is 14.0. The first-order chi connectivity index (χ1) is 14.9. The number of benzene rings is 3. The fraction of sp³-hybridized carbons (Fsp3) is 0.0833. The predicted molar refractivity (Wildman–Crippen MR) is 117 cm³/mol. The number of nitrogens with zero attached hydrogens (tertiary/aromatic N) is 1. The van der Waals surface area contributed by atoms with Crippen LogP contribution in [0.4, 0.5) is 8.78 Å². The lowest BCUT2D eigenvalue weighted by atomic mass is 10.1. The lowest BCUT2D eigenvalue weighted by Crippen LogP contribution is -2.33. The van der Waals surface area contributed by atoms with E-state index in [2.05, 4.69) is 0 Å². The van der Waals surface area contributed by atoms with Crippen molar-refractivity contribution < 1.29 is 18.4 Å². The first-order valence-corrected chi connectivity index (χ1v) is 10.7. The van der Waals surface area contributed by atoms with E-state index in [9.17, 15) is 18.4 Å². The average molecular weight is 456 g/mol. The van der Waals surface area contributed by atoms with Gasteiger partial charge in [0.25, 0.3) is 11.8 Å². The minimum absolute atomic E-state index is 0.151. The van der Waals surface area contributed by atoms with E-state index >= 15 is 0 Å². The molecule has 3 aromatic rings. The van der Waals surface area contributed by atoms with Gasteiger partial charge in [0.1, 0.15) is 11.6 Å². The van der Waals surface area contributed by atoms with Crippen LogP contribution < -0.4 is 0 Å². The molecule has 1 heterocycles. The van der Waals surface area contributed by atoms with Crippen LogP contribution in [0.3, 0.4) is 0 Å². The summed E-state index contributed by atoms with van der Waals surface area (Å²) in [7, 11) is 0. The zero-order valence-electron chi connectivity index (χ0n) is 16.1. The van der Waals surface area contributed by atoms with Crippen LogP contribution in [0.5, 0.6) is 0 Å². The van der Waals surface area contributed by atoms with Crippen LogP contribution in [0.2, 0.25) is 5.02 Å². The number of hydrogen-bond acceptors (Lipinski definition) is 3. The number of hydrogen-bond donors (Lipinski definition) is 0. The molecule has 1 aliphatic heterocycles. The summed E-state index contributed by atoms with van der Waals surface area (Å²) in [6, 6.07) is 18.4. The minimum atomic E-state index is -0.435. The fourth-order valence-corrected chi connectivity index (χ4v) is 4.37. The molecule has 0 bridgehead atoms. The molecule has 1 aliphatic rings. The first kappa shape index (κ1) is 21.3. The van der Waals surface area contributed by atoms with Crippen molar-refractivity contribution in [2.75, 3.05) is 6.54 Å². The number of imide groups is 1. The van der Waals surface area contributed by atoms with Gasteiger partial charge >= 0.3 is 0 Å². The molecule has 0 N–H and O–H groups in total. The van der Waals surface area contributed by atoms with Crippen LogP contribution >= 0.6 is 23.4 Å². The van der Waals surface area contributed by atoms with E-state index < -0.39 is 17.6 Å². The van der Waals surface area contributed by atoms with E-state index in [1.54, 1.807) is 36.4 Å². The predicted octanol–water partition coefficient (Wildman–Crippen LogP) is 5.73. The molecule has 0 aliphatic carbocycles. The molecule has 0 fully saturated rings. The quantitative estimate of drug-likeness (QED) is 0.445. The van der Waals surface area contributed by atoms with Crippen molar-refractivity contribution in [1.82, 2.24) is 4.90 Å². The third-order valence-electron chi connectivity index (χ3n) is 4.83. The SMILES string of the molecule is O=C1C(Sc2ccc(Cl)cc2)=C(c2ccc(F)cc2)C(=O)N1CCc1ccc(F)cc1. The monoisotopic (exact) mass is 455 g/mol. The van der Waals surface area contributed by atoms with Crippen LogP contribution in [0, 0.1) is 11.6 Å². The third-order valence-corrected chi connectivity index (χ3v) is 6.17. The van der Waals surface area contributed by atoms with Crippen molar-refractivity contribution in [2.45, 2.75) is 11.3 Å². The van der Waals surface area contributed by atoms with Gasteiger partial charge in [-0.05, 0) is 66.1 Å². The molecule has 156 valence electrons. The Bertz CT molecular complexity index is 1160. The Morgan fingerprint density at radius 1 is 0.774 bits per heavy atom. The summed E-state index contributed by atoms with van der Waals surface area (Å²) < 4.78 is 26.6. The summed E-state index contributed by atoms with van der Waals surface area (Å²) in [6.07, 6.45) is 0.396. The Morgan fingerprint density at radius 3 is 1.97 bits per heavy atom. The lowest BCUT2D eigenvalue weighted by molar-refractivity contribution is -0.136. The van der Waals surface area contributed by atoms with Crippen LogP contribution in [-0.2, 0) is 16.0 Å². The molecule has 0 unspecified atom stereocenters. The minimum Gasteiger partial charge on any atom is -0.274 e. The Labute approximate surface area is 187 Å². The highest BCUT2D eigenvalue weighted by molar-refractivity contribution is 8.04. The molecular weight excluding hydrogens is 440 g/mol. The molecular formula is C24H16ClF2NO2S. The smallest absolute Gasteiger partial charge is 0.268 e. The van der Waals surface area contributed by atoms with Gasteiger partial charge in [-0.3, -0.25) is 14.5 Å². The Hall–Kier alpha value is -2.96. The summed E-state index contributed by atoms with van der Waals surface area (Å²) in [6.45, 7) is 0.151. The molecule has 0 radical (unpaired) electrons. The van der Waals surface area contributed by atoms with Gasteiger partial charge in [0.05, 0.1) is 10.5 Å². The van der Waals surface area contributed by atoms with Gasteiger partial charge in [-0.2, -0.15) is 0 Å². The van der Waals surface area contributed by atoms with E-state index in [0.717, 1.165) is 10.5 Å². The standard InChI is InChI=1S/C24H16ClF2NO2S/c25-17-5-11-20(12-6-17)31-22-21(16-3-9-19(27)10-4-16)23(29)28(24(22)30)14-13-15-1-7-18(26)8-2-15/h1-12H,13-14H2. The molecule has 0 saturated heterocycles. The molecule has 3 aromatic carbocycles. The van der Waals surface area contributed by atoms with Crippen LogP contribution in [0.1, 0.15) is 11.1 Å². The molecule has 2 amide bonds. The summed E-state index contributed by atoms with van der Waals surface area (Å²) >= 11 is 7.11. The van der Waals surface area contributed by atoms with E-state index in [-0.39, 0.29) is 22.8 Å². The summed E-state index contributed by atoms with van der Waals surface area (Å²) in [4.78, 5) is 28.6. The molecule has 0 aromatic heterocycles. The number of thioether (sulfide) groups is 1. The van der Waals surface area contributed by atoms with Gasteiger partial charge in [-0.25, -0.2) is 8.78 Å². The van der Waals surface area contributed by atoms with Crippen LogP contribution in [-0.4, -0.2) is 23.3 Å². The Kier molecular flexibility index (Phi) is 6.20. The molecule has 4 rings (SSSR count). The molecule has 0 atom stereocenters. The lowest BCUT2D eigenvalue weighted by Gasteiger charge is -2.15.